The van der Waals surface area contributed by atoms with E-state index in [4.69, 9.17) is 27.9 Å². The van der Waals surface area contributed by atoms with Gasteiger partial charge < -0.3 is 4.74 Å². The summed E-state index contributed by atoms with van der Waals surface area (Å²) in [7, 11) is 0. The highest BCUT2D eigenvalue weighted by molar-refractivity contribution is 7.19. The maximum Gasteiger partial charge on any atom is 0.235 e. The van der Waals surface area contributed by atoms with Gasteiger partial charge in [-0.3, -0.25) is 4.90 Å². The molecule has 0 bridgehead atoms. The maximum absolute atomic E-state index is 6.26. The van der Waals surface area contributed by atoms with Gasteiger partial charge >= 0.3 is 0 Å². The van der Waals surface area contributed by atoms with Crippen LogP contribution < -0.4 is 0 Å². The van der Waals surface area contributed by atoms with Crippen LogP contribution in [0.5, 0.6) is 0 Å². The maximum atomic E-state index is 6.26. The van der Waals surface area contributed by atoms with Crippen molar-refractivity contribution in [2.75, 3.05) is 26.3 Å². The van der Waals surface area contributed by atoms with E-state index in [1.165, 1.54) is 11.3 Å². The van der Waals surface area contributed by atoms with E-state index >= 15 is 0 Å². The third-order valence-electron chi connectivity index (χ3n) is 3.68. The Bertz CT molecular complexity index is 843. The van der Waals surface area contributed by atoms with Crippen LogP contribution in [0.15, 0.2) is 18.2 Å². The molecule has 0 radical (unpaired) electrons. The lowest BCUT2D eigenvalue weighted by atomic mass is 10.2. The predicted octanol–water partition coefficient (Wildman–Crippen LogP) is 2.99. The van der Waals surface area contributed by atoms with Crippen molar-refractivity contribution in [2.45, 2.75) is 6.54 Å². The Morgan fingerprint density at radius 3 is 2.83 bits per heavy atom. The van der Waals surface area contributed by atoms with Crippen LogP contribution in [0.1, 0.15) is 5.82 Å². The average Bonchev–Trinajstić information content (AvgIpc) is 3.13. The molecule has 1 aliphatic rings. The van der Waals surface area contributed by atoms with Crippen molar-refractivity contribution in [3.8, 4) is 10.6 Å². The Kier molecular flexibility index (Phi) is 4.21. The highest BCUT2D eigenvalue weighted by Gasteiger charge is 2.18. The van der Waals surface area contributed by atoms with Gasteiger partial charge in [0.15, 0.2) is 5.82 Å². The van der Waals surface area contributed by atoms with Crippen molar-refractivity contribution in [3.63, 3.8) is 0 Å². The largest absolute Gasteiger partial charge is 0.379 e. The monoisotopic (exact) mass is 369 g/mol. The summed E-state index contributed by atoms with van der Waals surface area (Å²) in [6.45, 7) is 4.00. The summed E-state index contributed by atoms with van der Waals surface area (Å²) < 4.78 is 7.15. The molecule has 0 N–H and O–H groups in total. The topological polar surface area (TPSA) is 55.5 Å². The molecule has 0 unspecified atom stereocenters. The van der Waals surface area contributed by atoms with Crippen molar-refractivity contribution in [2.24, 2.45) is 0 Å². The quantitative estimate of drug-likeness (QED) is 0.710. The minimum Gasteiger partial charge on any atom is -0.379 e. The Labute approximate surface area is 146 Å². The minimum absolute atomic E-state index is 0.620. The first-order valence-electron chi connectivity index (χ1n) is 7.17. The summed E-state index contributed by atoms with van der Waals surface area (Å²) in [5.41, 5.74) is 0.812. The molecule has 1 fully saturated rings. The Hall–Kier alpha value is -1.25. The molecule has 1 saturated heterocycles. The van der Waals surface area contributed by atoms with Crippen molar-refractivity contribution in [1.82, 2.24) is 24.7 Å². The van der Waals surface area contributed by atoms with E-state index in [1.54, 1.807) is 16.6 Å². The highest BCUT2D eigenvalue weighted by atomic mass is 35.5. The van der Waals surface area contributed by atoms with Gasteiger partial charge in [0, 0.05) is 23.7 Å². The van der Waals surface area contributed by atoms with Crippen molar-refractivity contribution < 1.29 is 4.74 Å². The molecule has 3 heterocycles. The molecule has 6 nitrogen and oxygen atoms in total. The summed E-state index contributed by atoms with van der Waals surface area (Å²) in [5.74, 6) is 0.822. The molecular weight excluding hydrogens is 357 g/mol. The molecule has 0 saturated carbocycles. The number of morpholine rings is 1. The number of hydrogen-bond acceptors (Lipinski definition) is 6. The summed E-state index contributed by atoms with van der Waals surface area (Å²) in [5, 5.41) is 15.1. The van der Waals surface area contributed by atoms with Crippen LogP contribution in [0.4, 0.5) is 0 Å². The van der Waals surface area contributed by atoms with Gasteiger partial charge in [0.05, 0.1) is 24.8 Å². The summed E-state index contributed by atoms with van der Waals surface area (Å²) >= 11 is 13.8. The molecule has 1 aliphatic heterocycles. The number of ether oxygens (including phenoxy) is 1. The fraction of sp³-hybridized carbons (Fsp3) is 0.357. The second kappa shape index (κ2) is 6.33. The molecule has 0 amide bonds. The van der Waals surface area contributed by atoms with Crippen LogP contribution in [0, 0.1) is 0 Å². The number of halogens is 2. The first-order valence-corrected chi connectivity index (χ1v) is 8.74. The van der Waals surface area contributed by atoms with Gasteiger partial charge in [-0.15, -0.1) is 10.2 Å². The highest BCUT2D eigenvalue weighted by Crippen LogP contribution is 2.33. The zero-order valence-corrected chi connectivity index (χ0v) is 14.4. The number of aromatic nitrogens is 4. The van der Waals surface area contributed by atoms with Gasteiger partial charge in [-0.2, -0.15) is 9.61 Å². The SMILES string of the molecule is Clc1ccc(Cl)c(-c2nn3c(CN4CCOCC4)nnc3s2)c1. The lowest BCUT2D eigenvalue weighted by Gasteiger charge is -2.25. The van der Waals surface area contributed by atoms with Gasteiger partial charge in [-0.1, -0.05) is 34.5 Å². The Morgan fingerprint density at radius 2 is 2.00 bits per heavy atom. The second-order valence-corrected chi connectivity index (χ2v) is 7.03. The van der Waals surface area contributed by atoms with E-state index in [1.807, 2.05) is 6.07 Å². The number of hydrogen-bond donors (Lipinski definition) is 0. The predicted molar refractivity (Wildman–Crippen MR) is 90.2 cm³/mol. The summed E-state index contributed by atoms with van der Waals surface area (Å²) in [6, 6.07) is 5.35. The first-order chi connectivity index (χ1) is 11.2. The zero-order chi connectivity index (χ0) is 15.8. The van der Waals surface area contributed by atoms with Crippen molar-refractivity contribution in [1.29, 1.82) is 0 Å². The third-order valence-corrected chi connectivity index (χ3v) is 5.18. The van der Waals surface area contributed by atoms with Gasteiger partial charge in [-0.05, 0) is 18.2 Å². The summed E-state index contributed by atoms with van der Waals surface area (Å²) in [6.07, 6.45) is 0. The zero-order valence-electron chi connectivity index (χ0n) is 12.1. The van der Waals surface area contributed by atoms with Gasteiger partial charge in [-0.25, -0.2) is 0 Å². The fourth-order valence-electron chi connectivity index (χ4n) is 2.49. The lowest BCUT2D eigenvalue weighted by Crippen LogP contribution is -2.36. The van der Waals surface area contributed by atoms with Crippen molar-refractivity contribution in [3.05, 3.63) is 34.1 Å². The normalized spacial score (nSPS) is 16.3. The van der Waals surface area contributed by atoms with Crippen molar-refractivity contribution >= 4 is 39.5 Å². The number of benzene rings is 1. The van der Waals surface area contributed by atoms with Crippen LogP contribution >= 0.6 is 34.5 Å². The molecule has 120 valence electrons. The molecule has 4 rings (SSSR count). The smallest absolute Gasteiger partial charge is 0.235 e. The number of rotatable bonds is 3. The Morgan fingerprint density at radius 1 is 1.17 bits per heavy atom. The van der Waals surface area contributed by atoms with E-state index in [9.17, 15) is 0 Å². The molecule has 9 heteroatoms. The molecule has 0 aliphatic carbocycles. The third kappa shape index (κ3) is 3.07. The van der Waals surface area contributed by atoms with Crippen LogP contribution in [-0.2, 0) is 11.3 Å². The van der Waals surface area contributed by atoms with E-state index in [2.05, 4.69) is 20.2 Å². The molecular formula is C14H13Cl2N5OS. The van der Waals surface area contributed by atoms with Gasteiger partial charge in [0.1, 0.15) is 5.01 Å². The Balaban J connectivity index is 1.67. The fourth-order valence-corrected chi connectivity index (χ4v) is 3.81. The van der Waals surface area contributed by atoms with Crippen LogP contribution in [0.25, 0.3) is 15.5 Å². The van der Waals surface area contributed by atoms with E-state index < -0.39 is 0 Å². The molecule has 0 spiro atoms. The first kappa shape index (κ1) is 15.3. The minimum atomic E-state index is 0.620. The van der Waals surface area contributed by atoms with Gasteiger partial charge in [0.25, 0.3) is 0 Å². The molecule has 1 aromatic carbocycles. The molecule has 3 aromatic rings. The molecule has 2 aromatic heterocycles. The lowest BCUT2D eigenvalue weighted by molar-refractivity contribution is 0.0328. The second-order valence-electron chi connectivity index (χ2n) is 5.23. The molecule has 0 atom stereocenters. The standard InChI is InChI=1S/C14H13Cl2N5OS/c15-9-1-2-11(16)10(7-9)13-19-21-12(17-18-14(21)23-13)8-20-3-5-22-6-4-20/h1-2,7H,3-6,8H2. The van der Waals surface area contributed by atoms with Crippen LogP contribution in [0.2, 0.25) is 10.0 Å². The molecule has 23 heavy (non-hydrogen) atoms. The van der Waals surface area contributed by atoms with Crippen LogP contribution in [-0.4, -0.2) is 51.0 Å². The number of nitrogens with zero attached hydrogens (tertiary/aromatic N) is 5. The summed E-state index contributed by atoms with van der Waals surface area (Å²) in [4.78, 5) is 3.03. The average molecular weight is 370 g/mol. The van der Waals surface area contributed by atoms with E-state index in [-0.39, 0.29) is 0 Å². The number of fused-ring (bicyclic) bond motifs is 1. The van der Waals surface area contributed by atoms with Gasteiger partial charge in [0.2, 0.25) is 4.96 Å². The van der Waals surface area contributed by atoms with Crippen LogP contribution in [0.3, 0.4) is 0 Å². The van der Waals surface area contributed by atoms with E-state index in [0.717, 1.165) is 47.7 Å². The van der Waals surface area contributed by atoms with E-state index in [0.29, 0.717) is 16.6 Å².